The van der Waals surface area contributed by atoms with E-state index in [9.17, 15) is 0 Å². The van der Waals surface area contributed by atoms with Crippen LogP contribution in [0.3, 0.4) is 0 Å². The van der Waals surface area contributed by atoms with Gasteiger partial charge in [-0.3, -0.25) is 0 Å². The predicted octanol–water partition coefficient (Wildman–Crippen LogP) is 6.47. The highest BCUT2D eigenvalue weighted by atomic mass is 16.5. The first-order valence-corrected chi connectivity index (χ1v) is 10.5. The number of H-pyrrole nitrogens is 1. The number of nitrogens with two attached hydrogens (primary N) is 1. The Balaban J connectivity index is 1.76. The number of hydrogen-bond acceptors (Lipinski definition) is 2. The van der Waals surface area contributed by atoms with Crippen molar-refractivity contribution < 1.29 is 4.74 Å². The third kappa shape index (κ3) is 4.20. The summed E-state index contributed by atoms with van der Waals surface area (Å²) >= 11 is 0. The summed E-state index contributed by atoms with van der Waals surface area (Å²) in [5, 5.41) is 1.32. The second-order valence-electron chi connectivity index (χ2n) is 7.36. The smallest absolute Gasteiger partial charge is 0.128 e. The molecule has 29 heavy (non-hydrogen) atoms. The molecular weight excluding hydrogens is 356 g/mol. The van der Waals surface area contributed by atoms with Crippen molar-refractivity contribution in [1.29, 1.82) is 0 Å². The van der Waals surface area contributed by atoms with E-state index in [1.807, 2.05) is 36.4 Å². The lowest BCUT2D eigenvalue weighted by Crippen LogP contribution is -1.99. The van der Waals surface area contributed by atoms with Crippen LogP contribution in [-0.2, 0) is 12.8 Å². The number of fused-ring (bicyclic) bond motifs is 1. The van der Waals surface area contributed by atoms with Crippen LogP contribution in [0.2, 0.25) is 0 Å². The second-order valence-corrected chi connectivity index (χ2v) is 7.36. The fraction of sp³-hybridized carbons (Fsp3) is 0.231. The second kappa shape index (κ2) is 8.97. The van der Waals surface area contributed by atoms with Crippen LogP contribution >= 0.6 is 0 Å². The zero-order chi connectivity index (χ0) is 20.1. The molecule has 4 aromatic rings. The van der Waals surface area contributed by atoms with E-state index in [2.05, 4.69) is 48.3 Å². The van der Waals surface area contributed by atoms with E-state index < -0.39 is 0 Å². The molecule has 3 N–H and O–H groups in total. The zero-order valence-corrected chi connectivity index (χ0v) is 16.9. The van der Waals surface area contributed by atoms with Crippen molar-refractivity contribution in [3.05, 3.63) is 83.9 Å². The van der Waals surface area contributed by atoms with Crippen LogP contribution in [0.1, 0.15) is 30.9 Å². The summed E-state index contributed by atoms with van der Waals surface area (Å²) in [6, 6.07) is 24.9. The Hall–Kier alpha value is -3.04. The van der Waals surface area contributed by atoms with E-state index in [1.165, 1.54) is 27.7 Å². The van der Waals surface area contributed by atoms with E-state index in [4.69, 9.17) is 10.5 Å². The number of para-hydroxylation sites is 2. The van der Waals surface area contributed by atoms with E-state index in [-0.39, 0.29) is 0 Å². The van der Waals surface area contributed by atoms with Gasteiger partial charge in [0.15, 0.2) is 0 Å². The lowest BCUT2D eigenvalue weighted by Gasteiger charge is -2.09. The first-order chi connectivity index (χ1) is 14.3. The average molecular weight is 385 g/mol. The molecule has 1 aromatic heterocycles. The van der Waals surface area contributed by atoms with Crippen LogP contribution in [0.25, 0.3) is 22.2 Å². The van der Waals surface area contributed by atoms with Crippen molar-refractivity contribution in [3.63, 3.8) is 0 Å². The third-order valence-corrected chi connectivity index (χ3v) is 5.39. The monoisotopic (exact) mass is 384 g/mol. The Morgan fingerprint density at radius 3 is 2.45 bits per heavy atom. The summed E-state index contributed by atoms with van der Waals surface area (Å²) in [7, 11) is 0. The van der Waals surface area contributed by atoms with Crippen molar-refractivity contribution >= 4 is 10.9 Å². The molecule has 0 radical (unpaired) electrons. The van der Waals surface area contributed by atoms with Crippen LogP contribution < -0.4 is 10.5 Å². The van der Waals surface area contributed by atoms with Gasteiger partial charge in [0.05, 0.1) is 0 Å². The van der Waals surface area contributed by atoms with Gasteiger partial charge in [0.25, 0.3) is 0 Å². The van der Waals surface area contributed by atoms with Crippen molar-refractivity contribution in [3.8, 4) is 22.8 Å². The highest BCUT2D eigenvalue weighted by Gasteiger charge is 2.15. The van der Waals surface area contributed by atoms with Gasteiger partial charge in [-0.05, 0) is 67.6 Å². The Morgan fingerprint density at radius 2 is 1.66 bits per heavy atom. The minimum absolute atomic E-state index is 0.734. The number of hydrogen-bond donors (Lipinski definition) is 2. The number of nitrogens with one attached hydrogen (secondary N) is 1. The van der Waals surface area contributed by atoms with E-state index in [1.54, 1.807) is 0 Å². The van der Waals surface area contributed by atoms with Gasteiger partial charge in [-0.2, -0.15) is 0 Å². The number of unbranched alkanes of at least 4 members (excludes halogenated alkanes) is 1. The summed E-state index contributed by atoms with van der Waals surface area (Å²) in [5.41, 5.74) is 12.1. The molecule has 0 aliphatic rings. The van der Waals surface area contributed by atoms with Crippen LogP contribution in [0.5, 0.6) is 11.5 Å². The number of aromatic nitrogens is 1. The van der Waals surface area contributed by atoms with E-state index in [0.717, 1.165) is 49.3 Å². The molecular formula is C26H28N2O. The molecule has 0 atom stereocenters. The van der Waals surface area contributed by atoms with Gasteiger partial charge in [0, 0.05) is 22.2 Å². The maximum atomic E-state index is 6.07. The lowest BCUT2D eigenvalue weighted by atomic mass is 9.99. The van der Waals surface area contributed by atoms with Crippen LogP contribution in [0, 0.1) is 0 Å². The third-order valence-electron chi connectivity index (χ3n) is 5.39. The van der Waals surface area contributed by atoms with E-state index in [0.29, 0.717) is 0 Å². The van der Waals surface area contributed by atoms with Crippen molar-refractivity contribution in [2.45, 2.75) is 32.6 Å². The van der Waals surface area contributed by atoms with Gasteiger partial charge in [0.1, 0.15) is 11.5 Å². The number of aromatic amines is 1. The SMILES string of the molecule is CCc1cccc2c(CCCCN)c(-c3cccc(Oc4ccccc4)c3)[nH]c12. The van der Waals surface area contributed by atoms with Gasteiger partial charge in [0.2, 0.25) is 0 Å². The number of aryl methyl sites for hydroxylation is 2. The molecule has 0 saturated heterocycles. The van der Waals surface area contributed by atoms with E-state index >= 15 is 0 Å². The molecule has 0 aliphatic heterocycles. The molecule has 148 valence electrons. The van der Waals surface area contributed by atoms with Gasteiger partial charge in [-0.1, -0.05) is 55.5 Å². The highest BCUT2D eigenvalue weighted by molar-refractivity contribution is 5.93. The molecule has 0 saturated carbocycles. The first-order valence-electron chi connectivity index (χ1n) is 10.5. The quantitative estimate of drug-likeness (QED) is 0.342. The largest absolute Gasteiger partial charge is 0.457 e. The van der Waals surface area contributed by atoms with Gasteiger partial charge in [-0.15, -0.1) is 0 Å². The molecule has 4 rings (SSSR count). The number of rotatable bonds is 8. The minimum atomic E-state index is 0.734. The Bertz CT molecular complexity index is 1080. The summed E-state index contributed by atoms with van der Waals surface area (Å²) in [4.78, 5) is 3.73. The summed E-state index contributed by atoms with van der Waals surface area (Å²) < 4.78 is 6.07. The molecule has 0 spiro atoms. The van der Waals surface area contributed by atoms with Gasteiger partial charge in [-0.25, -0.2) is 0 Å². The predicted molar refractivity (Wildman–Crippen MR) is 122 cm³/mol. The molecule has 0 unspecified atom stereocenters. The zero-order valence-electron chi connectivity index (χ0n) is 16.9. The topological polar surface area (TPSA) is 51.0 Å². The molecule has 0 fully saturated rings. The van der Waals surface area contributed by atoms with Gasteiger partial charge >= 0.3 is 0 Å². The van der Waals surface area contributed by atoms with Crippen molar-refractivity contribution in [2.75, 3.05) is 6.54 Å². The van der Waals surface area contributed by atoms with Crippen molar-refractivity contribution in [2.24, 2.45) is 5.73 Å². The standard InChI is InChI=1S/C26H28N2O/c1-2-19-10-9-16-24-23(15-6-7-17-27)26(28-25(19)24)20-11-8-14-22(18-20)29-21-12-4-3-5-13-21/h3-5,8-14,16,18,28H,2,6-7,15,17,27H2,1H3. The van der Waals surface area contributed by atoms with Crippen LogP contribution in [0.4, 0.5) is 0 Å². The normalized spacial score (nSPS) is 11.1. The lowest BCUT2D eigenvalue weighted by molar-refractivity contribution is 0.483. The summed E-state index contributed by atoms with van der Waals surface area (Å²) in [5.74, 6) is 1.69. The number of benzene rings is 3. The fourth-order valence-electron chi connectivity index (χ4n) is 3.92. The highest BCUT2D eigenvalue weighted by Crippen LogP contribution is 2.35. The Labute approximate surface area is 172 Å². The first kappa shape index (κ1) is 19.3. The summed E-state index contributed by atoms with van der Waals surface area (Å²) in [6.07, 6.45) is 4.16. The molecule has 0 amide bonds. The number of ether oxygens (including phenoxy) is 1. The maximum absolute atomic E-state index is 6.07. The Morgan fingerprint density at radius 1 is 0.862 bits per heavy atom. The molecule has 0 aliphatic carbocycles. The van der Waals surface area contributed by atoms with Gasteiger partial charge < -0.3 is 15.5 Å². The molecule has 1 heterocycles. The molecule has 3 heteroatoms. The molecule has 0 bridgehead atoms. The van der Waals surface area contributed by atoms with Crippen LogP contribution in [0.15, 0.2) is 72.8 Å². The van der Waals surface area contributed by atoms with Crippen molar-refractivity contribution in [1.82, 2.24) is 4.98 Å². The summed E-state index contributed by atoms with van der Waals surface area (Å²) in [6.45, 7) is 2.94. The Kier molecular flexibility index (Phi) is 5.97. The maximum Gasteiger partial charge on any atom is 0.128 e. The average Bonchev–Trinajstić information content (AvgIpc) is 3.14. The molecule has 3 aromatic carbocycles. The van der Waals surface area contributed by atoms with Crippen LogP contribution in [-0.4, -0.2) is 11.5 Å². The molecule has 3 nitrogen and oxygen atoms in total. The fourth-order valence-corrected chi connectivity index (χ4v) is 3.92. The minimum Gasteiger partial charge on any atom is -0.457 e.